The van der Waals surface area contributed by atoms with Gasteiger partial charge >= 0.3 is 0 Å². The van der Waals surface area contributed by atoms with E-state index >= 15 is 0 Å². The quantitative estimate of drug-likeness (QED) is 0.648. The minimum absolute atomic E-state index is 0.0663. The van der Waals surface area contributed by atoms with Crippen molar-refractivity contribution in [2.24, 2.45) is 5.92 Å². The molecule has 32 heavy (non-hydrogen) atoms. The Morgan fingerprint density at radius 1 is 1.12 bits per heavy atom. The summed E-state index contributed by atoms with van der Waals surface area (Å²) in [6, 6.07) is 9.04. The summed E-state index contributed by atoms with van der Waals surface area (Å²) in [5.74, 6) is -0.913. The number of H-pyrrole nitrogens is 1. The maximum atomic E-state index is 14.4. The molecule has 8 heteroatoms. The van der Waals surface area contributed by atoms with Crippen LogP contribution in [0.2, 0.25) is 0 Å². The van der Waals surface area contributed by atoms with Crippen molar-refractivity contribution in [2.45, 2.75) is 26.3 Å². The lowest BCUT2D eigenvalue weighted by Crippen LogP contribution is -2.38. The normalized spacial score (nSPS) is 20.1. The molecule has 2 aliphatic rings. The van der Waals surface area contributed by atoms with Crippen LogP contribution >= 0.6 is 0 Å². The molecule has 0 saturated carbocycles. The first-order valence-corrected chi connectivity index (χ1v) is 10.7. The summed E-state index contributed by atoms with van der Waals surface area (Å²) in [4.78, 5) is 31.6. The number of carbonyl (C=O) groups excluding carboxylic acids is 2. The zero-order valence-corrected chi connectivity index (χ0v) is 17.9. The summed E-state index contributed by atoms with van der Waals surface area (Å²) in [7, 11) is 0. The summed E-state index contributed by atoms with van der Waals surface area (Å²) >= 11 is 0. The third kappa shape index (κ3) is 3.49. The number of hydrogen-bond donors (Lipinski definition) is 2. The summed E-state index contributed by atoms with van der Waals surface area (Å²) in [6.45, 7) is 5.57. The smallest absolute Gasteiger partial charge is 0.272 e. The highest BCUT2D eigenvalue weighted by atomic mass is 19.1. The second-order valence-electron chi connectivity index (χ2n) is 8.72. The maximum Gasteiger partial charge on any atom is 0.272 e. The Hall–Kier alpha value is -3.42. The Morgan fingerprint density at radius 2 is 1.94 bits per heavy atom. The number of nitrogens with one attached hydrogen (secondary N) is 2. The van der Waals surface area contributed by atoms with Gasteiger partial charge in [0.2, 0.25) is 5.91 Å². The number of aromatic amines is 1. The third-order valence-corrected chi connectivity index (χ3v) is 6.65. The van der Waals surface area contributed by atoms with E-state index < -0.39 is 17.5 Å². The predicted octanol–water partition coefficient (Wildman–Crippen LogP) is 4.06. The summed E-state index contributed by atoms with van der Waals surface area (Å²) in [5, 5.41) is 3.06. The molecule has 2 fully saturated rings. The van der Waals surface area contributed by atoms with Crippen LogP contribution < -0.4 is 10.2 Å². The van der Waals surface area contributed by atoms with Gasteiger partial charge in [0.05, 0.1) is 11.6 Å². The van der Waals surface area contributed by atoms with Gasteiger partial charge in [0.1, 0.15) is 17.3 Å². The molecule has 3 aromatic rings. The van der Waals surface area contributed by atoms with E-state index in [4.69, 9.17) is 0 Å². The van der Waals surface area contributed by atoms with E-state index in [0.717, 1.165) is 25.1 Å². The number of anilines is 2. The number of likely N-dealkylation sites (tertiary alicyclic amines) is 1. The van der Waals surface area contributed by atoms with Crippen molar-refractivity contribution < 1.29 is 18.4 Å². The number of aromatic nitrogens is 1. The van der Waals surface area contributed by atoms with Gasteiger partial charge in [-0.05, 0) is 49.2 Å². The zero-order chi connectivity index (χ0) is 22.6. The molecule has 5 rings (SSSR count). The second-order valence-corrected chi connectivity index (χ2v) is 8.72. The minimum atomic E-state index is -0.474. The van der Waals surface area contributed by atoms with Gasteiger partial charge in [0.15, 0.2) is 0 Å². The van der Waals surface area contributed by atoms with E-state index in [1.807, 2.05) is 11.8 Å². The molecule has 2 saturated heterocycles. The fourth-order valence-electron chi connectivity index (χ4n) is 5.04. The molecule has 1 aromatic heterocycles. The molecule has 2 atom stereocenters. The van der Waals surface area contributed by atoms with Crippen LogP contribution in [0.1, 0.15) is 29.4 Å². The first-order chi connectivity index (χ1) is 15.3. The Labute approximate surface area is 184 Å². The van der Waals surface area contributed by atoms with Gasteiger partial charge in [-0.2, -0.15) is 0 Å². The van der Waals surface area contributed by atoms with Crippen LogP contribution in [0.25, 0.3) is 10.9 Å². The lowest BCUT2D eigenvalue weighted by atomic mass is 10.1. The first kappa shape index (κ1) is 20.5. The Balaban J connectivity index is 1.37. The van der Waals surface area contributed by atoms with Crippen LogP contribution in [0.5, 0.6) is 0 Å². The van der Waals surface area contributed by atoms with E-state index in [0.29, 0.717) is 34.7 Å². The number of rotatable bonds is 3. The molecule has 0 unspecified atom stereocenters. The molecule has 0 radical (unpaired) electrons. The number of benzene rings is 2. The standard InChI is InChI=1S/C24H24F2N4O2/c1-13-3-4-20(26)19-10-21(28-23(13)19)24(32)27-17-7-16(25)8-18(9-17)29-11-15-5-6-30(14(2)31)22(15)12-29/h3-4,7-10,15,22,28H,5-6,11-12H2,1-2H3,(H,27,32)/t15-,22-/m1/s1. The molecule has 6 nitrogen and oxygen atoms in total. The van der Waals surface area contributed by atoms with Crippen molar-refractivity contribution in [3.05, 3.63) is 59.3 Å². The SMILES string of the molecule is CC(=O)N1CC[C@@H]2CN(c3cc(F)cc(NC(=O)c4cc5c(F)ccc(C)c5[nH]4)c3)C[C@H]21. The van der Waals surface area contributed by atoms with Crippen molar-refractivity contribution in [3.63, 3.8) is 0 Å². The first-order valence-electron chi connectivity index (χ1n) is 10.7. The van der Waals surface area contributed by atoms with Gasteiger partial charge in [-0.3, -0.25) is 9.59 Å². The van der Waals surface area contributed by atoms with Gasteiger partial charge in [-0.25, -0.2) is 8.78 Å². The number of amides is 2. The van der Waals surface area contributed by atoms with E-state index in [2.05, 4.69) is 15.2 Å². The third-order valence-electron chi connectivity index (χ3n) is 6.65. The van der Waals surface area contributed by atoms with Crippen LogP contribution in [0.4, 0.5) is 20.2 Å². The van der Waals surface area contributed by atoms with E-state index in [-0.39, 0.29) is 17.6 Å². The molecule has 3 heterocycles. The van der Waals surface area contributed by atoms with Gasteiger partial charge < -0.3 is 20.1 Å². The average Bonchev–Trinajstić information content (AvgIpc) is 3.44. The van der Waals surface area contributed by atoms with Crippen LogP contribution in [0, 0.1) is 24.5 Å². The van der Waals surface area contributed by atoms with Crippen molar-refractivity contribution >= 4 is 34.1 Å². The van der Waals surface area contributed by atoms with E-state index in [1.54, 1.807) is 19.1 Å². The molecule has 2 N–H and O–H groups in total. The van der Waals surface area contributed by atoms with Crippen molar-refractivity contribution in [1.82, 2.24) is 9.88 Å². The van der Waals surface area contributed by atoms with E-state index in [1.165, 1.54) is 24.3 Å². The Kier molecular flexibility index (Phi) is 4.87. The number of carbonyl (C=O) groups is 2. The molecule has 0 bridgehead atoms. The lowest BCUT2D eigenvalue weighted by Gasteiger charge is -2.25. The fourth-order valence-corrected chi connectivity index (χ4v) is 5.04. The molecule has 0 spiro atoms. The monoisotopic (exact) mass is 438 g/mol. The topological polar surface area (TPSA) is 68.4 Å². The van der Waals surface area contributed by atoms with Gasteiger partial charge in [-0.15, -0.1) is 0 Å². The number of halogens is 2. The highest BCUT2D eigenvalue weighted by molar-refractivity contribution is 6.06. The van der Waals surface area contributed by atoms with E-state index in [9.17, 15) is 18.4 Å². The van der Waals surface area contributed by atoms with Crippen molar-refractivity contribution in [1.29, 1.82) is 0 Å². The highest BCUT2D eigenvalue weighted by Gasteiger charge is 2.42. The largest absolute Gasteiger partial charge is 0.369 e. The summed E-state index contributed by atoms with van der Waals surface area (Å²) in [5.41, 5.74) is 2.58. The van der Waals surface area contributed by atoms with Gasteiger partial charge in [-0.1, -0.05) is 6.07 Å². The van der Waals surface area contributed by atoms with Crippen LogP contribution in [-0.4, -0.2) is 47.4 Å². The molecule has 166 valence electrons. The predicted molar refractivity (Wildman–Crippen MR) is 119 cm³/mol. The van der Waals surface area contributed by atoms with Crippen LogP contribution in [0.15, 0.2) is 36.4 Å². The lowest BCUT2D eigenvalue weighted by molar-refractivity contribution is -0.129. The van der Waals surface area contributed by atoms with Crippen LogP contribution in [0.3, 0.4) is 0 Å². The number of aryl methyl sites for hydroxylation is 1. The van der Waals surface area contributed by atoms with Gasteiger partial charge in [0, 0.05) is 49.2 Å². The van der Waals surface area contributed by atoms with Crippen molar-refractivity contribution in [3.8, 4) is 0 Å². The Morgan fingerprint density at radius 3 is 2.69 bits per heavy atom. The fraction of sp³-hybridized carbons (Fsp3) is 0.333. The number of nitrogens with zero attached hydrogens (tertiary/aromatic N) is 2. The molecular formula is C24H24F2N4O2. The second kappa shape index (κ2) is 7.62. The maximum absolute atomic E-state index is 14.4. The molecule has 2 aromatic carbocycles. The molecular weight excluding hydrogens is 414 g/mol. The van der Waals surface area contributed by atoms with Crippen molar-refractivity contribution in [2.75, 3.05) is 29.9 Å². The van der Waals surface area contributed by atoms with Crippen LogP contribution in [-0.2, 0) is 4.79 Å². The Bertz CT molecular complexity index is 1200. The number of fused-ring (bicyclic) bond motifs is 2. The van der Waals surface area contributed by atoms with Gasteiger partial charge in [0.25, 0.3) is 5.91 Å². The summed E-state index contributed by atoms with van der Waals surface area (Å²) in [6.07, 6.45) is 0.940. The minimum Gasteiger partial charge on any atom is -0.369 e. The summed E-state index contributed by atoms with van der Waals surface area (Å²) < 4.78 is 28.5. The number of hydrogen-bond acceptors (Lipinski definition) is 3. The average molecular weight is 438 g/mol. The highest BCUT2D eigenvalue weighted by Crippen LogP contribution is 2.35. The molecule has 2 amide bonds. The molecule has 2 aliphatic heterocycles. The molecule has 0 aliphatic carbocycles. The zero-order valence-electron chi connectivity index (χ0n) is 17.9.